The van der Waals surface area contributed by atoms with Gasteiger partial charge in [-0.1, -0.05) is 30.3 Å². The fraction of sp³-hybridized carbons (Fsp3) is 0.615. The number of hydrogen-bond donors (Lipinski definition) is 3. The number of nitrogens with one attached hydrogen (secondary N) is 3. The van der Waals surface area contributed by atoms with E-state index in [1.807, 2.05) is 18.2 Å². The Morgan fingerprint density at radius 3 is 2.37 bits per heavy atom. The summed E-state index contributed by atoms with van der Waals surface area (Å²) in [6, 6.07) is 8.20. The SMILES string of the molecule is CN[C@@H](C)C(=O)N[C@H]1CN(C(C)=O)CC[C@H]2CC[C@@H](C(=O)N[C@H]3CC[C@@H]3c3ccccc3)N2C1=O. The monoisotopic (exact) mass is 483 g/mol. The molecule has 9 nitrogen and oxygen atoms in total. The zero-order valence-corrected chi connectivity index (χ0v) is 20.8. The summed E-state index contributed by atoms with van der Waals surface area (Å²) in [4.78, 5) is 55.2. The number of nitrogens with zero attached hydrogens (tertiary/aromatic N) is 2. The summed E-state index contributed by atoms with van der Waals surface area (Å²) in [5, 5.41) is 8.90. The van der Waals surface area contributed by atoms with Gasteiger partial charge in [-0.3, -0.25) is 19.2 Å². The predicted octanol–water partition coefficient (Wildman–Crippen LogP) is 0.753. The topological polar surface area (TPSA) is 111 Å². The van der Waals surface area contributed by atoms with E-state index in [0.717, 1.165) is 12.8 Å². The van der Waals surface area contributed by atoms with E-state index in [1.54, 1.807) is 23.8 Å². The lowest BCUT2D eigenvalue weighted by Gasteiger charge is -2.41. The predicted molar refractivity (Wildman–Crippen MR) is 131 cm³/mol. The van der Waals surface area contributed by atoms with E-state index in [0.29, 0.717) is 31.7 Å². The number of benzene rings is 1. The molecule has 2 heterocycles. The minimum Gasteiger partial charge on any atom is -0.351 e. The van der Waals surface area contributed by atoms with E-state index in [-0.39, 0.29) is 42.3 Å². The average molecular weight is 484 g/mol. The Bertz CT molecular complexity index is 954. The molecule has 1 aromatic carbocycles. The molecular weight excluding hydrogens is 446 g/mol. The van der Waals surface area contributed by atoms with Gasteiger partial charge in [-0.2, -0.15) is 0 Å². The first-order chi connectivity index (χ1) is 16.8. The van der Waals surface area contributed by atoms with Crippen LogP contribution in [0.15, 0.2) is 30.3 Å². The van der Waals surface area contributed by atoms with Crippen LogP contribution < -0.4 is 16.0 Å². The van der Waals surface area contributed by atoms with E-state index < -0.39 is 18.1 Å². The van der Waals surface area contributed by atoms with E-state index in [1.165, 1.54) is 12.5 Å². The van der Waals surface area contributed by atoms with Crippen LogP contribution in [0.4, 0.5) is 0 Å². The highest BCUT2D eigenvalue weighted by molar-refractivity contribution is 5.94. The number of hydrogen-bond acceptors (Lipinski definition) is 5. The van der Waals surface area contributed by atoms with Crippen molar-refractivity contribution in [3.8, 4) is 0 Å². The molecule has 9 heteroatoms. The first kappa shape index (κ1) is 25.2. The fourth-order valence-electron chi connectivity index (χ4n) is 5.50. The number of carbonyl (C=O) groups is 4. The van der Waals surface area contributed by atoms with Crippen molar-refractivity contribution in [2.75, 3.05) is 20.1 Å². The molecule has 3 N–H and O–H groups in total. The maximum absolute atomic E-state index is 13.7. The minimum absolute atomic E-state index is 0.0639. The molecule has 0 bridgehead atoms. The van der Waals surface area contributed by atoms with Crippen molar-refractivity contribution in [3.05, 3.63) is 35.9 Å². The van der Waals surface area contributed by atoms with Gasteiger partial charge in [0.2, 0.25) is 23.6 Å². The Balaban J connectivity index is 1.49. The van der Waals surface area contributed by atoms with Gasteiger partial charge >= 0.3 is 0 Å². The number of carbonyl (C=O) groups excluding carboxylic acids is 4. The summed E-state index contributed by atoms with van der Waals surface area (Å²) in [7, 11) is 1.67. The summed E-state index contributed by atoms with van der Waals surface area (Å²) in [6.45, 7) is 3.78. The maximum atomic E-state index is 13.7. The molecule has 3 aliphatic rings. The summed E-state index contributed by atoms with van der Waals surface area (Å²) in [5.41, 5.74) is 1.22. The van der Waals surface area contributed by atoms with Crippen molar-refractivity contribution in [3.63, 3.8) is 0 Å². The van der Waals surface area contributed by atoms with Crippen molar-refractivity contribution in [2.24, 2.45) is 0 Å². The van der Waals surface area contributed by atoms with Crippen molar-refractivity contribution in [1.29, 1.82) is 0 Å². The molecule has 2 aliphatic heterocycles. The van der Waals surface area contributed by atoms with Gasteiger partial charge in [0.1, 0.15) is 12.1 Å². The van der Waals surface area contributed by atoms with Gasteiger partial charge in [0, 0.05) is 38.0 Å². The summed E-state index contributed by atoms with van der Waals surface area (Å²) < 4.78 is 0. The van der Waals surface area contributed by atoms with Crippen LogP contribution in [0.1, 0.15) is 57.4 Å². The number of amides is 4. The minimum atomic E-state index is -0.890. The third-order valence-electron chi connectivity index (χ3n) is 7.91. The van der Waals surface area contributed by atoms with E-state index >= 15 is 0 Å². The van der Waals surface area contributed by atoms with Gasteiger partial charge in [0.25, 0.3) is 0 Å². The highest BCUT2D eigenvalue weighted by atomic mass is 16.2. The van der Waals surface area contributed by atoms with Gasteiger partial charge in [0.05, 0.1) is 6.04 Å². The molecule has 0 unspecified atom stereocenters. The Hall–Kier alpha value is -2.94. The Labute approximate surface area is 207 Å². The average Bonchev–Trinajstić information content (AvgIpc) is 3.25. The standard InChI is InChI=1S/C26H37N5O4/c1-16(27-3)24(33)29-22-15-30(17(2)32)14-13-19-9-12-23(31(19)26(22)35)25(34)28-21-11-10-20(21)18-7-5-4-6-8-18/h4-8,16,19-23,27H,9-15H2,1-3H3,(H,28,34)(H,29,33)/t16-,19+,20+,21-,22-,23-/m0/s1. The first-order valence-corrected chi connectivity index (χ1v) is 12.7. The smallest absolute Gasteiger partial charge is 0.247 e. The van der Waals surface area contributed by atoms with Crippen LogP contribution in [-0.4, -0.2) is 83.8 Å². The van der Waals surface area contributed by atoms with Crippen LogP contribution in [0.2, 0.25) is 0 Å². The number of fused-ring (bicyclic) bond motifs is 1. The lowest BCUT2D eigenvalue weighted by Crippen LogP contribution is -2.62. The Morgan fingerprint density at radius 2 is 1.74 bits per heavy atom. The van der Waals surface area contributed by atoms with Crippen LogP contribution in [0.3, 0.4) is 0 Å². The van der Waals surface area contributed by atoms with Crippen molar-refractivity contribution in [2.45, 2.75) is 82.1 Å². The van der Waals surface area contributed by atoms with E-state index in [2.05, 4.69) is 28.1 Å². The third kappa shape index (κ3) is 5.34. The lowest BCUT2D eigenvalue weighted by atomic mass is 9.75. The molecule has 4 rings (SSSR count). The highest BCUT2D eigenvalue weighted by Crippen LogP contribution is 2.37. The number of likely N-dealkylation sites (N-methyl/N-ethyl adjacent to an activating group) is 1. The quantitative estimate of drug-likeness (QED) is 0.553. The molecule has 0 radical (unpaired) electrons. The van der Waals surface area contributed by atoms with E-state index in [9.17, 15) is 19.2 Å². The van der Waals surface area contributed by atoms with Crippen LogP contribution in [0.25, 0.3) is 0 Å². The van der Waals surface area contributed by atoms with Gasteiger partial charge < -0.3 is 25.8 Å². The molecule has 35 heavy (non-hydrogen) atoms. The van der Waals surface area contributed by atoms with Crippen LogP contribution in [0, 0.1) is 0 Å². The van der Waals surface area contributed by atoms with Crippen LogP contribution in [0.5, 0.6) is 0 Å². The van der Waals surface area contributed by atoms with Gasteiger partial charge in [-0.05, 0) is 51.6 Å². The van der Waals surface area contributed by atoms with Gasteiger partial charge in [-0.25, -0.2) is 0 Å². The molecule has 3 fully saturated rings. The van der Waals surface area contributed by atoms with Crippen molar-refractivity contribution >= 4 is 23.6 Å². The van der Waals surface area contributed by atoms with Gasteiger partial charge in [-0.15, -0.1) is 0 Å². The fourth-order valence-corrected chi connectivity index (χ4v) is 5.50. The van der Waals surface area contributed by atoms with Crippen molar-refractivity contribution < 1.29 is 19.2 Å². The molecule has 1 saturated carbocycles. The zero-order chi connectivity index (χ0) is 25.1. The lowest BCUT2D eigenvalue weighted by molar-refractivity contribution is -0.147. The molecule has 1 aromatic rings. The molecule has 6 atom stereocenters. The van der Waals surface area contributed by atoms with E-state index in [4.69, 9.17) is 0 Å². The Morgan fingerprint density at radius 1 is 1.00 bits per heavy atom. The molecule has 4 amide bonds. The van der Waals surface area contributed by atoms with Gasteiger partial charge in [0.15, 0.2) is 0 Å². The third-order valence-corrected chi connectivity index (χ3v) is 7.91. The summed E-state index contributed by atoms with van der Waals surface area (Å²) >= 11 is 0. The zero-order valence-electron chi connectivity index (χ0n) is 20.8. The normalized spacial score (nSPS) is 29.3. The number of rotatable bonds is 6. The second-order valence-corrected chi connectivity index (χ2v) is 10.0. The molecule has 2 saturated heterocycles. The molecule has 190 valence electrons. The molecule has 0 aromatic heterocycles. The van der Waals surface area contributed by atoms with Crippen molar-refractivity contribution in [1.82, 2.24) is 25.8 Å². The molecular formula is C26H37N5O4. The second-order valence-electron chi connectivity index (χ2n) is 10.0. The van der Waals surface area contributed by atoms with Crippen LogP contribution in [-0.2, 0) is 19.2 Å². The summed E-state index contributed by atoms with van der Waals surface area (Å²) in [6.07, 6.45) is 3.86. The largest absolute Gasteiger partial charge is 0.351 e. The summed E-state index contributed by atoms with van der Waals surface area (Å²) in [5.74, 6) is -0.560. The Kier molecular flexibility index (Phi) is 7.74. The van der Waals surface area contributed by atoms with Crippen LogP contribution >= 0.6 is 0 Å². The maximum Gasteiger partial charge on any atom is 0.247 e. The molecule has 1 aliphatic carbocycles. The highest BCUT2D eigenvalue weighted by Gasteiger charge is 2.46. The second kappa shape index (κ2) is 10.8. The first-order valence-electron chi connectivity index (χ1n) is 12.7. The molecule has 0 spiro atoms.